The van der Waals surface area contributed by atoms with Gasteiger partial charge in [0.1, 0.15) is 5.76 Å². The third-order valence-electron chi connectivity index (χ3n) is 3.49. The second kappa shape index (κ2) is 6.25. The van der Waals surface area contributed by atoms with Crippen molar-refractivity contribution in [3.63, 3.8) is 0 Å². The van der Waals surface area contributed by atoms with E-state index in [1.54, 1.807) is 18.2 Å². The number of rotatable bonds is 3. The van der Waals surface area contributed by atoms with Crippen molar-refractivity contribution in [1.29, 1.82) is 0 Å². The van der Waals surface area contributed by atoms with Gasteiger partial charge in [0.05, 0.1) is 18.3 Å². The predicted molar refractivity (Wildman–Crippen MR) is 72.4 cm³/mol. The number of nitrogens with two attached hydrogens (primary N) is 1. The van der Waals surface area contributed by atoms with Crippen molar-refractivity contribution in [3.05, 3.63) is 24.2 Å². The summed E-state index contributed by atoms with van der Waals surface area (Å²) in [5.74, 6) is 0.828. The number of hydrogen-bond donors (Lipinski definition) is 1. The Morgan fingerprint density at radius 2 is 2.11 bits per heavy atom. The summed E-state index contributed by atoms with van der Waals surface area (Å²) in [6.07, 6.45) is 6.51. The molecular weight excluding hydrogens is 252 g/mol. The van der Waals surface area contributed by atoms with Crippen molar-refractivity contribution in [1.82, 2.24) is 4.90 Å². The number of halogens is 1. The standard InChI is InChI=1S/C13H20N2O2.ClH/c1-15(10-11-6-5-9-17-11)12(16)13(14)7-3-2-4-8-13;/h5-6,9H,2-4,7-8,10,14H2,1H3;1H. The fraction of sp³-hybridized carbons (Fsp3) is 0.615. The fourth-order valence-electron chi connectivity index (χ4n) is 2.48. The number of carbonyl (C=O) groups is 1. The van der Waals surface area contributed by atoms with Crippen LogP contribution >= 0.6 is 12.4 Å². The molecule has 0 aliphatic heterocycles. The number of furan rings is 1. The van der Waals surface area contributed by atoms with Gasteiger partial charge in [-0.3, -0.25) is 4.79 Å². The quantitative estimate of drug-likeness (QED) is 0.919. The molecule has 102 valence electrons. The fourth-order valence-corrected chi connectivity index (χ4v) is 2.48. The number of likely N-dealkylation sites (N-methyl/N-ethyl adjacent to an activating group) is 1. The van der Waals surface area contributed by atoms with Crippen LogP contribution < -0.4 is 5.73 Å². The van der Waals surface area contributed by atoms with Crippen LogP contribution in [0.4, 0.5) is 0 Å². The van der Waals surface area contributed by atoms with E-state index in [0.29, 0.717) is 6.54 Å². The van der Waals surface area contributed by atoms with Crippen LogP contribution in [0.3, 0.4) is 0 Å². The van der Waals surface area contributed by atoms with Crippen LogP contribution in [0.25, 0.3) is 0 Å². The lowest BCUT2D eigenvalue weighted by molar-refractivity contribution is -0.137. The number of carbonyl (C=O) groups excluding carboxylic acids is 1. The molecule has 0 spiro atoms. The van der Waals surface area contributed by atoms with Gasteiger partial charge in [-0.15, -0.1) is 12.4 Å². The van der Waals surface area contributed by atoms with E-state index >= 15 is 0 Å². The minimum Gasteiger partial charge on any atom is -0.467 e. The van der Waals surface area contributed by atoms with Crippen molar-refractivity contribution < 1.29 is 9.21 Å². The van der Waals surface area contributed by atoms with Crippen LogP contribution in [-0.2, 0) is 11.3 Å². The molecule has 1 saturated carbocycles. The Hall–Kier alpha value is -1.00. The van der Waals surface area contributed by atoms with Gasteiger partial charge in [-0.2, -0.15) is 0 Å². The SMILES string of the molecule is CN(Cc1ccco1)C(=O)C1(N)CCCCC1.Cl. The molecule has 1 aliphatic carbocycles. The highest BCUT2D eigenvalue weighted by atomic mass is 35.5. The average molecular weight is 273 g/mol. The molecule has 5 heteroatoms. The van der Waals surface area contributed by atoms with Crippen LogP contribution in [0.5, 0.6) is 0 Å². The zero-order chi connectivity index (χ0) is 12.3. The van der Waals surface area contributed by atoms with Gasteiger partial charge in [0.15, 0.2) is 0 Å². The number of amides is 1. The average Bonchev–Trinajstić information content (AvgIpc) is 2.81. The molecule has 0 saturated heterocycles. The molecule has 1 aromatic rings. The molecule has 0 unspecified atom stereocenters. The summed E-state index contributed by atoms with van der Waals surface area (Å²) >= 11 is 0. The molecule has 1 aliphatic rings. The molecule has 0 aromatic carbocycles. The van der Waals surface area contributed by atoms with E-state index in [1.165, 1.54) is 6.42 Å². The Labute approximate surface area is 114 Å². The molecular formula is C13H21ClN2O2. The van der Waals surface area contributed by atoms with Gasteiger partial charge in [-0.25, -0.2) is 0 Å². The predicted octanol–water partition coefficient (Wildman–Crippen LogP) is 2.32. The maximum absolute atomic E-state index is 12.3. The topological polar surface area (TPSA) is 59.5 Å². The first-order valence-electron chi connectivity index (χ1n) is 6.19. The van der Waals surface area contributed by atoms with Crippen LogP contribution in [0.15, 0.2) is 22.8 Å². The molecule has 1 heterocycles. The lowest BCUT2D eigenvalue weighted by Gasteiger charge is -2.35. The molecule has 2 rings (SSSR count). The molecule has 18 heavy (non-hydrogen) atoms. The third-order valence-corrected chi connectivity index (χ3v) is 3.49. The molecule has 1 amide bonds. The molecule has 2 N–H and O–H groups in total. The minimum absolute atomic E-state index is 0. The monoisotopic (exact) mass is 272 g/mol. The smallest absolute Gasteiger partial charge is 0.242 e. The van der Waals surface area contributed by atoms with Gasteiger partial charge in [0, 0.05) is 7.05 Å². The Balaban J connectivity index is 0.00000162. The maximum Gasteiger partial charge on any atom is 0.242 e. The minimum atomic E-state index is -0.653. The van der Waals surface area contributed by atoms with E-state index in [4.69, 9.17) is 10.2 Å². The van der Waals surface area contributed by atoms with Gasteiger partial charge in [-0.05, 0) is 25.0 Å². The highest BCUT2D eigenvalue weighted by Crippen LogP contribution is 2.27. The van der Waals surface area contributed by atoms with E-state index < -0.39 is 5.54 Å². The summed E-state index contributed by atoms with van der Waals surface area (Å²) in [6.45, 7) is 0.491. The van der Waals surface area contributed by atoms with Gasteiger partial charge in [-0.1, -0.05) is 19.3 Å². The van der Waals surface area contributed by atoms with E-state index in [2.05, 4.69) is 0 Å². The van der Waals surface area contributed by atoms with E-state index in [1.807, 2.05) is 12.1 Å². The highest BCUT2D eigenvalue weighted by Gasteiger charge is 2.37. The van der Waals surface area contributed by atoms with Crippen LogP contribution in [0.2, 0.25) is 0 Å². The van der Waals surface area contributed by atoms with E-state index in [0.717, 1.165) is 31.4 Å². The molecule has 1 fully saturated rings. The van der Waals surface area contributed by atoms with Gasteiger partial charge >= 0.3 is 0 Å². The van der Waals surface area contributed by atoms with Crippen molar-refractivity contribution in [2.75, 3.05) is 7.05 Å². The van der Waals surface area contributed by atoms with Crippen LogP contribution in [-0.4, -0.2) is 23.4 Å². The van der Waals surface area contributed by atoms with Gasteiger partial charge < -0.3 is 15.1 Å². The molecule has 4 nitrogen and oxygen atoms in total. The summed E-state index contributed by atoms with van der Waals surface area (Å²) in [5, 5.41) is 0. The van der Waals surface area contributed by atoms with Gasteiger partial charge in [0.2, 0.25) is 5.91 Å². The third kappa shape index (κ3) is 3.27. The Morgan fingerprint density at radius 3 is 2.67 bits per heavy atom. The maximum atomic E-state index is 12.3. The highest BCUT2D eigenvalue weighted by molar-refractivity contribution is 5.86. The first-order chi connectivity index (χ1) is 8.12. The van der Waals surface area contributed by atoms with Crippen molar-refractivity contribution in [3.8, 4) is 0 Å². The Bertz CT molecular complexity index is 372. The van der Waals surface area contributed by atoms with Crippen molar-refractivity contribution in [2.45, 2.75) is 44.2 Å². The summed E-state index contributed by atoms with van der Waals surface area (Å²) in [4.78, 5) is 14.0. The van der Waals surface area contributed by atoms with Crippen molar-refractivity contribution >= 4 is 18.3 Å². The lowest BCUT2D eigenvalue weighted by atomic mass is 9.81. The zero-order valence-electron chi connectivity index (χ0n) is 10.7. The zero-order valence-corrected chi connectivity index (χ0v) is 11.5. The summed E-state index contributed by atoms with van der Waals surface area (Å²) < 4.78 is 5.24. The molecule has 0 radical (unpaired) electrons. The summed E-state index contributed by atoms with van der Waals surface area (Å²) in [6, 6.07) is 3.69. The number of nitrogens with zero attached hydrogens (tertiary/aromatic N) is 1. The molecule has 0 atom stereocenters. The summed E-state index contributed by atoms with van der Waals surface area (Å²) in [7, 11) is 1.79. The Kier molecular flexibility index (Phi) is 5.23. The van der Waals surface area contributed by atoms with Crippen molar-refractivity contribution in [2.24, 2.45) is 5.73 Å². The molecule has 0 bridgehead atoms. The number of hydrogen-bond acceptors (Lipinski definition) is 3. The normalized spacial score (nSPS) is 17.9. The second-order valence-corrected chi connectivity index (χ2v) is 4.96. The Morgan fingerprint density at radius 1 is 1.44 bits per heavy atom. The van der Waals surface area contributed by atoms with E-state index in [9.17, 15) is 4.79 Å². The molecule has 1 aromatic heterocycles. The van der Waals surface area contributed by atoms with Crippen LogP contribution in [0, 0.1) is 0 Å². The first-order valence-corrected chi connectivity index (χ1v) is 6.19. The largest absolute Gasteiger partial charge is 0.467 e. The van der Waals surface area contributed by atoms with Gasteiger partial charge in [0.25, 0.3) is 0 Å². The second-order valence-electron chi connectivity index (χ2n) is 4.96. The first kappa shape index (κ1) is 15.1. The van der Waals surface area contributed by atoms with Crippen LogP contribution in [0.1, 0.15) is 37.9 Å². The summed E-state index contributed by atoms with van der Waals surface area (Å²) in [5.41, 5.74) is 5.56. The van der Waals surface area contributed by atoms with E-state index in [-0.39, 0.29) is 18.3 Å². The lowest BCUT2D eigenvalue weighted by Crippen LogP contribution is -2.55.